The van der Waals surface area contributed by atoms with Gasteiger partial charge in [0.1, 0.15) is 0 Å². The number of aliphatic carboxylic acids is 1. The van der Waals surface area contributed by atoms with Crippen molar-refractivity contribution in [2.24, 2.45) is 16.2 Å². The number of rotatable bonds is 13. The van der Waals surface area contributed by atoms with E-state index in [0.717, 1.165) is 0 Å². The Morgan fingerprint density at radius 3 is 1.76 bits per heavy atom. The molecule has 0 fully saturated rings. The quantitative estimate of drug-likeness (QED) is 0.111. The predicted molar refractivity (Wildman–Crippen MR) is 156 cm³/mol. The number of carbonyl (C=O) groups excluding carboxylic acids is 3. The molecule has 2 atom stereocenters. The van der Waals surface area contributed by atoms with Crippen molar-refractivity contribution in [1.82, 2.24) is 5.32 Å². The van der Waals surface area contributed by atoms with Gasteiger partial charge in [0, 0.05) is 12.5 Å². The van der Waals surface area contributed by atoms with E-state index >= 15 is 0 Å². The molecule has 0 aliphatic heterocycles. The molecule has 11 nitrogen and oxygen atoms in total. The van der Waals surface area contributed by atoms with E-state index in [-0.39, 0.29) is 48.0 Å². The van der Waals surface area contributed by atoms with Gasteiger partial charge in [0.25, 0.3) is 5.72 Å². The van der Waals surface area contributed by atoms with Crippen molar-refractivity contribution in [3.05, 3.63) is 23.8 Å². The van der Waals surface area contributed by atoms with Crippen molar-refractivity contribution < 1.29 is 48.0 Å². The Hall–Kier alpha value is -3.34. The Bertz CT molecular complexity index is 1100. The molecule has 0 heterocycles. The minimum atomic E-state index is -2.14. The molecule has 238 valence electrons. The van der Waals surface area contributed by atoms with Gasteiger partial charge in [0.15, 0.2) is 11.5 Å². The SMILES string of the molecule is CCC(C)N[C@@](Cc1ccc(OC(=O)OCC(C)(C)C)c(OC(=O)OCC(C)(C)C)c1)(OC(=O)C(C)(C)CC)C(=O)O. The first kappa shape index (κ1) is 36.7. The summed E-state index contributed by atoms with van der Waals surface area (Å²) in [5, 5.41) is 13.3. The normalized spacial score (nSPS) is 14.3. The summed E-state index contributed by atoms with van der Waals surface area (Å²) in [7, 11) is 0. The fourth-order valence-corrected chi connectivity index (χ4v) is 3.14. The molecule has 1 unspecified atom stereocenters. The van der Waals surface area contributed by atoms with Crippen LogP contribution in [0.15, 0.2) is 18.2 Å². The van der Waals surface area contributed by atoms with E-state index in [1.807, 2.05) is 48.5 Å². The third-order valence-electron chi connectivity index (χ3n) is 6.23. The van der Waals surface area contributed by atoms with E-state index in [4.69, 9.17) is 23.7 Å². The summed E-state index contributed by atoms with van der Waals surface area (Å²) in [5.41, 5.74) is -3.42. The van der Waals surface area contributed by atoms with Crippen LogP contribution in [0.4, 0.5) is 9.59 Å². The van der Waals surface area contributed by atoms with Gasteiger partial charge in [-0.2, -0.15) is 0 Å². The minimum Gasteiger partial charge on any atom is -0.477 e. The van der Waals surface area contributed by atoms with E-state index in [2.05, 4.69) is 5.32 Å². The number of benzene rings is 1. The first-order valence-electron chi connectivity index (χ1n) is 14.2. The zero-order chi connectivity index (χ0) is 32.5. The fourth-order valence-electron chi connectivity index (χ4n) is 3.14. The number of hydrogen-bond acceptors (Lipinski definition) is 10. The predicted octanol–water partition coefficient (Wildman–Crippen LogP) is 6.50. The van der Waals surface area contributed by atoms with Crippen LogP contribution < -0.4 is 14.8 Å². The first-order valence-corrected chi connectivity index (χ1v) is 14.2. The lowest BCUT2D eigenvalue weighted by Gasteiger charge is -2.35. The third kappa shape index (κ3) is 12.3. The highest BCUT2D eigenvalue weighted by Gasteiger charge is 2.46. The first-order chi connectivity index (χ1) is 19.1. The average molecular weight is 596 g/mol. The Morgan fingerprint density at radius 2 is 1.33 bits per heavy atom. The van der Waals surface area contributed by atoms with Gasteiger partial charge in [0.2, 0.25) is 0 Å². The molecule has 0 saturated carbocycles. The molecule has 0 aliphatic carbocycles. The summed E-state index contributed by atoms with van der Waals surface area (Å²) < 4.78 is 26.8. The molecule has 2 N–H and O–H groups in total. The summed E-state index contributed by atoms with van der Waals surface area (Å²) in [6, 6.07) is 3.82. The standard InChI is InChI=1S/C31H49NO10/c1-12-20(3)32-31(24(33)34,42-25(35)30(10,11)13-2)17-21-14-15-22(40-26(36)38-18-28(4,5)6)23(16-21)41-27(37)39-19-29(7,8)9/h14-16,20,32H,12-13,17-19H2,1-11H3,(H,33,34)/t20?,31-/m0/s1. The van der Waals surface area contributed by atoms with Crippen LogP contribution in [-0.4, -0.2) is 54.3 Å². The van der Waals surface area contributed by atoms with E-state index in [1.54, 1.807) is 27.7 Å². The van der Waals surface area contributed by atoms with Crippen LogP contribution >= 0.6 is 0 Å². The van der Waals surface area contributed by atoms with Crippen molar-refractivity contribution in [3.63, 3.8) is 0 Å². The minimum absolute atomic E-state index is 0.0550. The van der Waals surface area contributed by atoms with Crippen molar-refractivity contribution >= 4 is 24.2 Å². The number of ether oxygens (including phenoxy) is 5. The molecule has 1 aromatic carbocycles. The molecule has 42 heavy (non-hydrogen) atoms. The highest BCUT2D eigenvalue weighted by atomic mass is 16.7. The van der Waals surface area contributed by atoms with Gasteiger partial charge >= 0.3 is 24.2 Å². The molecule has 11 heteroatoms. The van der Waals surface area contributed by atoms with Crippen molar-refractivity contribution in [2.75, 3.05) is 13.2 Å². The van der Waals surface area contributed by atoms with E-state index in [0.29, 0.717) is 18.4 Å². The highest BCUT2D eigenvalue weighted by Crippen LogP contribution is 2.33. The van der Waals surface area contributed by atoms with Crippen LogP contribution in [0.3, 0.4) is 0 Å². The van der Waals surface area contributed by atoms with Crippen LogP contribution in [0, 0.1) is 16.2 Å². The molecule has 0 aliphatic rings. The second kappa shape index (κ2) is 14.7. The highest BCUT2D eigenvalue weighted by molar-refractivity contribution is 5.84. The summed E-state index contributed by atoms with van der Waals surface area (Å²) >= 11 is 0. The molecule has 0 amide bonds. The molecule has 1 aromatic rings. The fraction of sp³-hybridized carbons (Fsp3) is 0.677. The Balaban J connectivity index is 3.51. The van der Waals surface area contributed by atoms with Crippen molar-refractivity contribution in [3.8, 4) is 11.5 Å². The molecule has 0 spiro atoms. The zero-order valence-electron chi connectivity index (χ0n) is 27.0. The van der Waals surface area contributed by atoms with Gasteiger partial charge in [-0.3, -0.25) is 10.1 Å². The van der Waals surface area contributed by atoms with Gasteiger partial charge in [-0.1, -0.05) is 61.5 Å². The van der Waals surface area contributed by atoms with Crippen molar-refractivity contribution in [2.45, 2.75) is 107 Å². The summed E-state index contributed by atoms with van der Waals surface area (Å²) in [6.07, 6.45) is -1.41. The number of esters is 1. The summed E-state index contributed by atoms with van der Waals surface area (Å²) in [6.45, 7) is 20.2. The monoisotopic (exact) mass is 595 g/mol. The smallest absolute Gasteiger partial charge is 0.477 e. The molecule has 0 bridgehead atoms. The molecular formula is C31H49NO10. The van der Waals surface area contributed by atoms with Gasteiger partial charge in [-0.25, -0.2) is 14.4 Å². The second-order valence-corrected chi connectivity index (χ2v) is 13.6. The lowest BCUT2D eigenvalue weighted by molar-refractivity contribution is -0.191. The number of carbonyl (C=O) groups is 4. The van der Waals surface area contributed by atoms with E-state index < -0.39 is 35.4 Å². The second-order valence-electron chi connectivity index (χ2n) is 13.6. The largest absolute Gasteiger partial charge is 0.513 e. The Morgan fingerprint density at radius 1 is 0.833 bits per heavy atom. The number of carboxylic acid groups (broad SMARTS) is 1. The topological polar surface area (TPSA) is 147 Å². The zero-order valence-corrected chi connectivity index (χ0v) is 27.0. The Labute approximate surface area is 249 Å². The maximum atomic E-state index is 13.1. The Kier molecular flexibility index (Phi) is 12.8. The maximum Gasteiger partial charge on any atom is 0.513 e. The van der Waals surface area contributed by atoms with E-state index in [1.165, 1.54) is 18.2 Å². The third-order valence-corrected chi connectivity index (χ3v) is 6.23. The molecular weight excluding hydrogens is 546 g/mol. The average Bonchev–Trinajstić information content (AvgIpc) is 2.86. The van der Waals surface area contributed by atoms with Crippen LogP contribution in [0.25, 0.3) is 0 Å². The van der Waals surface area contributed by atoms with Gasteiger partial charge in [-0.05, 0) is 62.1 Å². The summed E-state index contributed by atoms with van der Waals surface area (Å²) in [4.78, 5) is 50.7. The van der Waals surface area contributed by atoms with Crippen LogP contribution in [-0.2, 0) is 30.2 Å². The van der Waals surface area contributed by atoms with Gasteiger partial charge in [-0.15, -0.1) is 0 Å². The van der Waals surface area contributed by atoms with Crippen LogP contribution in [0.1, 0.15) is 94.6 Å². The summed E-state index contributed by atoms with van der Waals surface area (Å²) in [5.74, 6) is -2.44. The van der Waals surface area contributed by atoms with E-state index in [9.17, 15) is 24.3 Å². The number of carboxylic acids is 1. The van der Waals surface area contributed by atoms with Crippen molar-refractivity contribution in [1.29, 1.82) is 0 Å². The van der Waals surface area contributed by atoms with Crippen LogP contribution in [0.2, 0.25) is 0 Å². The maximum absolute atomic E-state index is 13.1. The lowest BCUT2D eigenvalue weighted by atomic mass is 9.90. The van der Waals surface area contributed by atoms with Gasteiger partial charge < -0.3 is 28.8 Å². The lowest BCUT2D eigenvalue weighted by Crippen LogP contribution is -2.60. The molecule has 0 aromatic heterocycles. The molecule has 1 rings (SSSR count). The van der Waals surface area contributed by atoms with Gasteiger partial charge in [0.05, 0.1) is 18.6 Å². The number of nitrogens with one attached hydrogen (secondary N) is 1. The molecule has 0 saturated heterocycles. The number of hydrogen-bond donors (Lipinski definition) is 2. The molecule has 0 radical (unpaired) electrons. The van der Waals surface area contributed by atoms with Crippen LogP contribution in [0.5, 0.6) is 11.5 Å².